The van der Waals surface area contributed by atoms with E-state index in [1.165, 1.54) is 32.1 Å². The lowest BCUT2D eigenvalue weighted by atomic mass is 10.1. The number of nitrogens with zero attached hydrogens (tertiary/aromatic N) is 1. The Labute approximate surface area is 92.2 Å². The van der Waals surface area contributed by atoms with E-state index in [1.54, 1.807) is 0 Å². The zero-order valence-electron chi connectivity index (χ0n) is 9.88. The fourth-order valence-electron chi connectivity index (χ4n) is 1.56. The summed E-state index contributed by atoms with van der Waals surface area (Å²) in [5.74, 6) is 0.932. The Kier molecular flexibility index (Phi) is 6.09. The molecule has 3 heteroatoms. The minimum atomic E-state index is 0.800. The van der Waals surface area contributed by atoms with E-state index in [1.807, 2.05) is 13.0 Å². The van der Waals surface area contributed by atoms with Crippen LogP contribution in [0.2, 0.25) is 0 Å². The van der Waals surface area contributed by atoms with Crippen molar-refractivity contribution in [2.45, 2.75) is 52.5 Å². The van der Waals surface area contributed by atoms with Crippen LogP contribution in [0.1, 0.15) is 50.5 Å². The van der Waals surface area contributed by atoms with Crippen LogP contribution in [0, 0.1) is 6.92 Å². The van der Waals surface area contributed by atoms with Crippen molar-refractivity contribution < 1.29 is 4.52 Å². The highest BCUT2D eigenvalue weighted by Gasteiger charge is 1.98. The predicted octanol–water partition coefficient (Wildman–Crippen LogP) is 3.04. The van der Waals surface area contributed by atoms with Crippen molar-refractivity contribution >= 4 is 0 Å². The molecule has 1 N–H and O–H groups in total. The fourth-order valence-corrected chi connectivity index (χ4v) is 1.56. The molecule has 0 fully saturated rings. The Morgan fingerprint density at radius 3 is 2.73 bits per heavy atom. The molecule has 0 atom stereocenters. The van der Waals surface area contributed by atoms with E-state index in [4.69, 9.17) is 4.52 Å². The number of rotatable bonds is 8. The Balaban J connectivity index is 1.93. The average molecular weight is 210 g/mol. The van der Waals surface area contributed by atoms with Gasteiger partial charge in [0.25, 0.3) is 0 Å². The molecule has 1 rings (SSSR count). The van der Waals surface area contributed by atoms with Gasteiger partial charge in [0, 0.05) is 6.07 Å². The highest BCUT2D eigenvalue weighted by atomic mass is 16.5. The summed E-state index contributed by atoms with van der Waals surface area (Å²) in [4.78, 5) is 0. The van der Waals surface area contributed by atoms with Gasteiger partial charge in [-0.25, -0.2) is 0 Å². The van der Waals surface area contributed by atoms with Crippen LogP contribution < -0.4 is 5.32 Å². The minimum absolute atomic E-state index is 0.800. The van der Waals surface area contributed by atoms with Gasteiger partial charge >= 0.3 is 0 Å². The number of hydrogen-bond donors (Lipinski definition) is 1. The molecule has 0 saturated carbocycles. The Hall–Kier alpha value is -0.830. The monoisotopic (exact) mass is 210 g/mol. The van der Waals surface area contributed by atoms with E-state index >= 15 is 0 Å². The molecule has 1 aromatic rings. The smallest absolute Gasteiger partial charge is 0.150 e. The molecular weight excluding hydrogens is 188 g/mol. The normalized spacial score (nSPS) is 10.8. The molecular formula is C12H22N2O. The van der Waals surface area contributed by atoms with Gasteiger partial charge in [-0.3, -0.25) is 0 Å². The SMILES string of the molecule is CCCCCCCNCc1cc(C)no1. The van der Waals surface area contributed by atoms with Crippen molar-refractivity contribution in [3.8, 4) is 0 Å². The molecule has 3 nitrogen and oxygen atoms in total. The lowest BCUT2D eigenvalue weighted by Crippen LogP contribution is -2.14. The first-order valence-corrected chi connectivity index (χ1v) is 5.96. The lowest BCUT2D eigenvalue weighted by molar-refractivity contribution is 0.369. The van der Waals surface area contributed by atoms with Crippen molar-refractivity contribution in [1.82, 2.24) is 10.5 Å². The predicted molar refractivity (Wildman–Crippen MR) is 61.7 cm³/mol. The third-order valence-electron chi connectivity index (χ3n) is 2.43. The summed E-state index contributed by atoms with van der Waals surface area (Å²) in [6.07, 6.45) is 6.62. The van der Waals surface area contributed by atoms with Crippen LogP contribution >= 0.6 is 0 Å². The molecule has 0 aliphatic rings. The number of nitrogens with one attached hydrogen (secondary N) is 1. The summed E-state index contributed by atoms with van der Waals surface area (Å²) in [5, 5.41) is 7.20. The van der Waals surface area contributed by atoms with Gasteiger partial charge in [0.05, 0.1) is 12.2 Å². The van der Waals surface area contributed by atoms with Crippen LogP contribution in [0.4, 0.5) is 0 Å². The molecule has 86 valence electrons. The standard InChI is InChI=1S/C12H22N2O/c1-3-4-5-6-7-8-13-10-12-9-11(2)14-15-12/h9,13H,3-8,10H2,1-2H3. The second-order valence-corrected chi connectivity index (χ2v) is 4.03. The van der Waals surface area contributed by atoms with Gasteiger partial charge in [0.1, 0.15) is 0 Å². The van der Waals surface area contributed by atoms with Gasteiger partial charge in [-0.15, -0.1) is 0 Å². The summed E-state index contributed by atoms with van der Waals surface area (Å²) >= 11 is 0. The Morgan fingerprint density at radius 1 is 1.27 bits per heavy atom. The van der Waals surface area contributed by atoms with E-state index in [9.17, 15) is 0 Å². The molecule has 0 aliphatic carbocycles. The molecule has 0 spiro atoms. The van der Waals surface area contributed by atoms with Crippen LogP contribution in [0.3, 0.4) is 0 Å². The molecule has 0 unspecified atom stereocenters. The number of unbranched alkanes of at least 4 members (excludes halogenated alkanes) is 4. The number of hydrogen-bond acceptors (Lipinski definition) is 3. The van der Waals surface area contributed by atoms with E-state index in [-0.39, 0.29) is 0 Å². The van der Waals surface area contributed by atoms with E-state index in [2.05, 4.69) is 17.4 Å². The van der Waals surface area contributed by atoms with Crippen molar-refractivity contribution in [2.24, 2.45) is 0 Å². The van der Waals surface area contributed by atoms with Crippen LogP contribution in [0.15, 0.2) is 10.6 Å². The van der Waals surface area contributed by atoms with Gasteiger partial charge < -0.3 is 9.84 Å². The molecule has 0 aromatic carbocycles. The summed E-state index contributed by atoms with van der Waals surface area (Å²) in [6, 6.07) is 1.98. The van der Waals surface area contributed by atoms with Crippen molar-refractivity contribution in [3.05, 3.63) is 17.5 Å². The highest BCUT2D eigenvalue weighted by molar-refractivity contribution is 5.02. The van der Waals surface area contributed by atoms with Crippen molar-refractivity contribution in [3.63, 3.8) is 0 Å². The first kappa shape index (κ1) is 12.2. The molecule has 0 bridgehead atoms. The highest BCUT2D eigenvalue weighted by Crippen LogP contribution is 2.03. The zero-order chi connectivity index (χ0) is 10.9. The molecule has 0 saturated heterocycles. The largest absolute Gasteiger partial charge is 0.360 e. The van der Waals surface area contributed by atoms with Crippen LogP contribution in [0.5, 0.6) is 0 Å². The summed E-state index contributed by atoms with van der Waals surface area (Å²) in [5.41, 5.74) is 0.953. The second-order valence-electron chi connectivity index (χ2n) is 4.03. The summed E-state index contributed by atoms with van der Waals surface area (Å²) in [6.45, 7) is 6.06. The summed E-state index contributed by atoms with van der Waals surface area (Å²) in [7, 11) is 0. The fraction of sp³-hybridized carbons (Fsp3) is 0.750. The molecule has 0 amide bonds. The maximum Gasteiger partial charge on any atom is 0.150 e. The van der Waals surface area contributed by atoms with Crippen LogP contribution in [-0.2, 0) is 6.54 Å². The molecule has 15 heavy (non-hydrogen) atoms. The quantitative estimate of drug-likeness (QED) is 0.670. The van der Waals surface area contributed by atoms with Gasteiger partial charge in [-0.05, 0) is 19.9 Å². The van der Waals surface area contributed by atoms with Gasteiger partial charge in [-0.1, -0.05) is 37.8 Å². The van der Waals surface area contributed by atoms with Crippen molar-refractivity contribution in [1.29, 1.82) is 0 Å². The van der Waals surface area contributed by atoms with Gasteiger partial charge in [-0.2, -0.15) is 0 Å². The molecule has 0 aliphatic heterocycles. The van der Waals surface area contributed by atoms with Crippen LogP contribution in [0.25, 0.3) is 0 Å². The molecule has 1 aromatic heterocycles. The Morgan fingerprint density at radius 2 is 2.07 bits per heavy atom. The lowest BCUT2D eigenvalue weighted by Gasteiger charge is -2.01. The first-order valence-electron chi connectivity index (χ1n) is 5.96. The van der Waals surface area contributed by atoms with E-state index < -0.39 is 0 Å². The molecule has 1 heterocycles. The second kappa shape index (κ2) is 7.46. The Bertz CT molecular complexity index is 258. The maximum atomic E-state index is 5.10. The first-order chi connectivity index (χ1) is 7.33. The van der Waals surface area contributed by atoms with Gasteiger partial charge in [0.15, 0.2) is 5.76 Å². The van der Waals surface area contributed by atoms with Crippen molar-refractivity contribution in [2.75, 3.05) is 6.54 Å². The number of aryl methyl sites for hydroxylation is 1. The topological polar surface area (TPSA) is 38.1 Å². The molecule has 0 radical (unpaired) electrons. The average Bonchev–Trinajstić information content (AvgIpc) is 2.63. The third-order valence-corrected chi connectivity index (χ3v) is 2.43. The maximum absolute atomic E-state index is 5.10. The van der Waals surface area contributed by atoms with E-state index in [0.29, 0.717) is 0 Å². The van der Waals surface area contributed by atoms with Crippen LogP contribution in [-0.4, -0.2) is 11.7 Å². The summed E-state index contributed by atoms with van der Waals surface area (Å²) < 4.78 is 5.10. The number of aromatic nitrogens is 1. The van der Waals surface area contributed by atoms with Gasteiger partial charge in [0.2, 0.25) is 0 Å². The van der Waals surface area contributed by atoms with E-state index in [0.717, 1.165) is 24.5 Å². The zero-order valence-corrected chi connectivity index (χ0v) is 9.88. The third kappa shape index (κ3) is 5.57. The minimum Gasteiger partial charge on any atom is -0.360 e.